The number of aromatic nitrogens is 3. The molecule has 0 saturated carbocycles. The monoisotopic (exact) mass is 432 g/mol. The van der Waals surface area contributed by atoms with Gasteiger partial charge in [-0.2, -0.15) is 18.3 Å². The van der Waals surface area contributed by atoms with E-state index in [0.29, 0.717) is 23.7 Å². The van der Waals surface area contributed by atoms with Gasteiger partial charge in [0.2, 0.25) is 5.91 Å². The molecule has 0 aliphatic rings. The van der Waals surface area contributed by atoms with Gasteiger partial charge in [-0.25, -0.2) is 4.98 Å². The smallest absolute Gasteiger partial charge is 0.380 e. The maximum atomic E-state index is 13.5. The lowest BCUT2D eigenvalue weighted by molar-refractivity contribution is -0.137. The van der Waals surface area contributed by atoms with Crippen molar-refractivity contribution in [1.82, 2.24) is 14.8 Å². The van der Waals surface area contributed by atoms with E-state index in [1.165, 1.54) is 12.1 Å². The van der Waals surface area contributed by atoms with Gasteiger partial charge in [-0.05, 0) is 17.5 Å². The number of rotatable bonds is 8. The van der Waals surface area contributed by atoms with Crippen molar-refractivity contribution >= 4 is 23.1 Å². The highest BCUT2D eigenvalue weighted by Gasteiger charge is 2.34. The highest BCUT2D eigenvalue weighted by Crippen LogP contribution is 2.36. The van der Waals surface area contributed by atoms with Crippen molar-refractivity contribution in [3.8, 4) is 0 Å². The van der Waals surface area contributed by atoms with Crippen LogP contribution in [0.15, 0.2) is 48.9 Å². The summed E-state index contributed by atoms with van der Waals surface area (Å²) >= 11 is 0. The van der Waals surface area contributed by atoms with Gasteiger partial charge in [0.25, 0.3) is 0 Å². The molecule has 0 spiro atoms. The average molecular weight is 432 g/mol. The number of alkyl halides is 3. The molecular formula is C21H23F3N6O. The first-order valence-electron chi connectivity index (χ1n) is 9.61. The molecule has 4 N–H and O–H groups in total. The van der Waals surface area contributed by atoms with Gasteiger partial charge in [-0.15, -0.1) is 0 Å². The van der Waals surface area contributed by atoms with Crippen LogP contribution in [0.2, 0.25) is 0 Å². The standard InChI is InChI=1S/C21H23F3N6O/c1-13(2)11-30-12-15(9-28-30)29-19-7-18(17(10-27-19)21(22,23)24)26-8-14-5-3-4-6-16(14)20(25)31/h3-7,9-10,12-13H,8,11H2,1-2H3,(H2,25,31)(H2,26,27,29). The number of anilines is 3. The zero-order chi connectivity index (χ0) is 22.6. The highest BCUT2D eigenvalue weighted by atomic mass is 19.4. The Bertz CT molecular complexity index is 1060. The number of benzene rings is 1. The predicted molar refractivity (Wildman–Crippen MR) is 112 cm³/mol. The van der Waals surface area contributed by atoms with Crippen molar-refractivity contribution in [2.45, 2.75) is 33.1 Å². The van der Waals surface area contributed by atoms with E-state index in [-0.39, 0.29) is 23.6 Å². The summed E-state index contributed by atoms with van der Waals surface area (Å²) in [6, 6.07) is 7.75. The fourth-order valence-corrected chi connectivity index (χ4v) is 3.05. The first-order valence-corrected chi connectivity index (χ1v) is 9.61. The maximum absolute atomic E-state index is 13.5. The van der Waals surface area contributed by atoms with Gasteiger partial charge >= 0.3 is 6.18 Å². The molecule has 1 aromatic carbocycles. The van der Waals surface area contributed by atoms with Crippen LogP contribution in [0, 0.1) is 5.92 Å². The Balaban J connectivity index is 1.84. The highest BCUT2D eigenvalue weighted by molar-refractivity contribution is 5.94. The lowest BCUT2D eigenvalue weighted by Gasteiger charge is -2.16. The average Bonchev–Trinajstić information content (AvgIpc) is 3.11. The molecule has 31 heavy (non-hydrogen) atoms. The van der Waals surface area contributed by atoms with Crippen LogP contribution in [0.5, 0.6) is 0 Å². The molecule has 0 aliphatic heterocycles. The number of carbonyl (C=O) groups excluding carboxylic acids is 1. The van der Waals surface area contributed by atoms with Crippen molar-refractivity contribution < 1.29 is 18.0 Å². The Morgan fingerprint density at radius 3 is 2.65 bits per heavy atom. The third-order valence-corrected chi connectivity index (χ3v) is 4.42. The Morgan fingerprint density at radius 2 is 1.97 bits per heavy atom. The van der Waals surface area contributed by atoms with E-state index in [2.05, 4.69) is 34.6 Å². The second-order valence-electron chi connectivity index (χ2n) is 7.46. The first kappa shape index (κ1) is 22.1. The number of nitrogens with one attached hydrogen (secondary N) is 2. The molecule has 2 aromatic heterocycles. The number of pyridine rings is 1. The number of hydrogen-bond donors (Lipinski definition) is 3. The summed E-state index contributed by atoms with van der Waals surface area (Å²) in [7, 11) is 0. The van der Waals surface area contributed by atoms with Crippen molar-refractivity contribution in [2.75, 3.05) is 10.6 Å². The second kappa shape index (κ2) is 9.07. The van der Waals surface area contributed by atoms with Crippen LogP contribution in [-0.4, -0.2) is 20.7 Å². The number of amides is 1. The van der Waals surface area contributed by atoms with E-state index >= 15 is 0 Å². The largest absolute Gasteiger partial charge is 0.419 e. The SMILES string of the molecule is CC(C)Cn1cc(Nc2cc(NCc3ccccc3C(N)=O)c(C(F)(F)F)cn2)cn1. The first-order chi connectivity index (χ1) is 14.6. The summed E-state index contributed by atoms with van der Waals surface area (Å²) in [5.74, 6) is -0.0252. The molecule has 0 saturated heterocycles. The number of primary amides is 1. The molecule has 0 unspecified atom stereocenters. The summed E-state index contributed by atoms with van der Waals surface area (Å²) in [5.41, 5.74) is 5.61. The summed E-state index contributed by atoms with van der Waals surface area (Å²) in [6.45, 7) is 4.81. The Labute approximate surface area is 177 Å². The summed E-state index contributed by atoms with van der Waals surface area (Å²) in [5, 5.41) is 9.95. The minimum atomic E-state index is -4.60. The number of nitrogens with two attached hydrogens (primary N) is 1. The van der Waals surface area contributed by atoms with Crippen LogP contribution < -0.4 is 16.4 Å². The molecule has 0 aliphatic carbocycles. The van der Waals surface area contributed by atoms with E-state index in [1.54, 1.807) is 35.3 Å². The van der Waals surface area contributed by atoms with Crippen molar-refractivity contribution in [2.24, 2.45) is 11.7 Å². The minimum absolute atomic E-state index is 0.0159. The molecule has 1 amide bonds. The van der Waals surface area contributed by atoms with E-state index < -0.39 is 17.6 Å². The zero-order valence-corrected chi connectivity index (χ0v) is 17.1. The third-order valence-electron chi connectivity index (χ3n) is 4.42. The van der Waals surface area contributed by atoms with Gasteiger partial charge in [-0.1, -0.05) is 32.0 Å². The maximum Gasteiger partial charge on any atom is 0.419 e. The Hall–Kier alpha value is -3.56. The summed E-state index contributed by atoms with van der Waals surface area (Å²) < 4.78 is 42.2. The van der Waals surface area contributed by atoms with Crippen LogP contribution in [0.4, 0.5) is 30.4 Å². The van der Waals surface area contributed by atoms with Crippen molar-refractivity contribution in [3.05, 3.63) is 65.6 Å². The van der Waals surface area contributed by atoms with Crippen LogP contribution in [0.25, 0.3) is 0 Å². The molecule has 3 aromatic rings. The quantitative estimate of drug-likeness (QED) is 0.490. The van der Waals surface area contributed by atoms with Crippen molar-refractivity contribution in [1.29, 1.82) is 0 Å². The molecule has 7 nitrogen and oxygen atoms in total. The van der Waals surface area contributed by atoms with Crippen LogP contribution in [0.1, 0.15) is 35.3 Å². The Morgan fingerprint density at radius 1 is 1.23 bits per heavy atom. The zero-order valence-electron chi connectivity index (χ0n) is 17.1. The lowest BCUT2D eigenvalue weighted by Crippen LogP contribution is -2.16. The van der Waals surface area contributed by atoms with Crippen LogP contribution >= 0.6 is 0 Å². The Kier molecular flexibility index (Phi) is 6.47. The van der Waals surface area contributed by atoms with Gasteiger partial charge in [0.15, 0.2) is 0 Å². The topological polar surface area (TPSA) is 97.9 Å². The van der Waals surface area contributed by atoms with Gasteiger partial charge in [-0.3, -0.25) is 9.48 Å². The molecule has 0 radical (unpaired) electrons. The van der Waals surface area contributed by atoms with Crippen molar-refractivity contribution in [3.63, 3.8) is 0 Å². The molecule has 10 heteroatoms. The number of nitrogens with zero attached hydrogens (tertiary/aromatic N) is 3. The van der Waals surface area contributed by atoms with E-state index in [9.17, 15) is 18.0 Å². The number of carbonyl (C=O) groups is 1. The van der Waals surface area contributed by atoms with E-state index in [0.717, 1.165) is 6.20 Å². The normalized spacial score (nSPS) is 11.5. The van der Waals surface area contributed by atoms with E-state index in [4.69, 9.17) is 5.73 Å². The van der Waals surface area contributed by atoms with Crippen LogP contribution in [-0.2, 0) is 19.3 Å². The summed E-state index contributed by atoms with van der Waals surface area (Å²) in [4.78, 5) is 15.5. The molecular weight excluding hydrogens is 409 g/mol. The van der Waals surface area contributed by atoms with Gasteiger partial charge in [0.1, 0.15) is 5.82 Å². The van der Waals surface area contributed by atoms with E-state index in [1.807, 2.05) is 0 Å². The fraction of sp³-hybridized carbons (Fsp3) is 0.286. The number of halogens is 3. The summed E-state index contributed by atoms with van der Waals surface area (Å²) in [6.07, 6.45) is -0.490. The predicted octanol–water partition coefficient (Wildman–Crippen LogP) is 4.41. The molecule has 0 fully saturated rings. The lowest BCUT2D eigenvalue weighted by atomic mass is 10.1. The fourth-order valence-electron chi connectivity index (χ4n) is 3.05. The molecule has 2 heterocycles. The molecule has 164 valence electrons. The molecule has 0 atom stereocenters. The van der Waals surface area contributed by atoms with Gasteiger partial charge < -0.3 is 16.4 Å². The third kappa shape index (κ3) is 5.74. The number of hydrogen-bond acceptors (Lipinski definition) is 5. The van der Waals surface area contributed by atoms with Gasteiger partial charge in [0.05, 0.1) is 23.1 Å². The second-order valence-corrected chi connectivity index (χ2v) is 7.46. The molecule has 3 rings (SSSR count). The van der Waals surface area contributed by atoms with Crippen LogP contribution in [0.3, 0.4) is 0 Å². The van der Waals surface area contributed by atoms with Gasteiger partial charge in [0, 0.05) is 37.1 Å². The molecule has 0 bridgehead atoms. The minimum Gasteiger partial charge on any atom is -0.380 e.